The Morgan fingerprint density at radius 3 is 2.44 bits per heavy atom. The van der Waals surface area contributed by atoms with E-state index in [2.05, 4.69) is 39.5 Å². The van der Waals surface area contributed by atoms with Gasteiger partial charge in [0.15, 0.2) is 5.78 Å². The van der Waals surface area contributed by atoms with Crippen LogP contribution >= 0.6 is 0 Å². The number of hydrogen-bond acceptors (Lipinski definition) is 4. The van der Waals surface area contributed by atoms with Gasteiger partial charge in [0.05, 0.1) is 12.2 Å². The first kappa shape index (κ1) is 26.6. The van der Waals surface area contributed by atoms with Crippen LogP contribution in [-0.4, -0.2) is 39.3 Å². The normalized spacial score (nSPS) is 35.2. The van der Waals surface area contributed by atoms with Crippen LogP contribution in [0.25, 0.3) is 0 Å². The van der Waals surface area contributed by atoms with Crippen LogP contribution in [0.4, 0.5) is 0 Å². The summed E-state index contributed by atoms with van der Waals surface area (Å²) in [6, 6.07) is 0. The second kappa shape index (κ2) is 9.58. The average molecular weight is 471 g/mol. The lowest BCUT2D eigenvalue weighted by atomic mass is 9.57. The molecule has 3 aliphatic carbocycles. The smallest absolute Gasteiger partial charge is 0.316 e. The number of rotatable bonds is 6. The number of aliphatic hydroxyl groups excluding tert-OH is 2. The van der Waals surface area contributed by atoms with Gasteiger partial charge in [0, 0.05) is 6.42 Å². The summed E-state index contributed by atoms with van der Waals surface area (Å²) >= 11 is 0. The first-order valence-electron chi connectivity index (χ1n) is 12.6. The maximum Gasteiger partial charge on any atom is 0.316 e. The minimum absolute atomic E-state index is 0.102. The molecule has 0 heterocycles. The van der Waals surface area contributed by atoms with Gasteiger partial charge in [-0.25, -0.2) is 0 Å². The van der Waals surface area contributed by atoms with Crippen molar-refractivity contribution in [2.45, 2.75) is 91.8 Å². The molecule has 5 nitrogen and oxygen atoms in total. The molecule has 3 aliphatic rings. The molecule has 5 heteroatoms. The van der Waals surface area contributed by atoms with E-state index >= 15 is 0 Å². The first-order valence-corrected chi connectivity index (χ1v) is 12.6. The Kier molecular flexibility index (Phi) is 7.50. The molecule has 188 valence electrons. The lowest BCUT2D eigenvalue weighted by molar-refractivity contribution is -0.151. The lowest BCUT2D eigenvalue weighted by Gasteiger charge is -2.47. The summed E-state index contributed by atoms with van der Waals surface area (Å²) in [5, 5.41) is 29.6. The van der Waals surface area contributed by atoms with Crippen molar-refractivity contribution < 1.29 is 24.9 Å². The van der Waals surface area contributed by atoms with E-state index in [1.807, 2.05) is 6.08 Å². The van der Waals surface area contributed by atoms with Gasteiger partial charge in [0.2, 0.25) is 0 Å². The van der Waals surface area contributed by atoms with Crippen LogP contribution in [0.1, 0.15) is 79.6 Å². The molecular weight excluding hydrogens is 428 g/mol. The maximum atomic E-state index is 12.6. The third-order valence-electron chi connectivity index (χ3n) is 8.94. The van der Waals surface area contributed by atoms with E-state index in [0.29, 0.717) is 30.3 Å². The number of ketones is 1. The second-order valence-corrected chi connectivity index (χ2v) is 12.1. The Balaban J connectivity index is 1.82. The molecule has 0 unspecified atom stereocenters. The Morgan fingerprint density at radius 1 is 1.12 bits per heavy atom. The summed E-state index contributed by atoms with van der Waals surface area (Å²) in [5.41, 5.74) is 1.51. The third kappa shape index (κ3) is 5.01. The summed E-state index contributed by atoms with van der Waals surface area (Å²) in [6.07, 6.45) is 12.8. The molecule has 0 saturated heterocycles. The van der Waals surface area contributed by atoms with Crippen LogP contribution in [0.3, 0.4) is 0 Å². The third-order valence-corrected chi connectivity index (χ3v) is 8.94. The molecule has 34 heavy (non-hydrogen) atoms. The molecule has 0 aromatic heterocycles. The highest BCUT2D eigenvalue weighted by Crippen LogP contribution is 2.62. The molecule has 3 saturated carbocycles. The van der Waals surface area contributed by atoms with Crippen LogP contribution < -0.4 is 0 Å². The summed E-state index contributed by atoms with van der Waals surface area (Å²) in [6.45, 7) is 13.6. The summed E-state index contributed by atoms with van der Waals surface area (Å²) in [5.74, 6) is -0.647. The molecule has 3 fully saturated rings. The zero-order valence-corrected chi connectivity index (χ0v) is 21.4. The molecule has 3 N–H and O–H groups in total. The number of allylic oxidation sites excluding steroid dienone is 5. The van der Waals surface area contributed by atoms with Crippen molar-refractivity contribution in [3.05, 3.63) is 47.6 Å². The molecule has 3 rings (SSSR count). The van der Waals surface area contributed by atoms with Crippen LogP contribution in [0.15, 0.2) is 47.6 Å². The van der Waals surface area contributed by atoms with Crippen molar-refractivity contribution in [3.8, 4) is 0 Å². The zero-order valence-electron chi connectivity index (χ0n) is 21.4. The van der Waals surface area contributed by atoms with Gasteiger partial charge in [-0.15, -0.1) is 0 Å². The maximum absolute atomic E-state index is 12.6. The average Bonchev–Trinajstić information content (AvgIpc) is 3.11. The van der Waals surface area contributed by atoms with Gasteiger partial charge in [-0.2, -0.15) is 0 Å². The fourth-order valence-electron chi connectivity index (χ4n) is 6.65. The highest BCUT2D eigenvalue weighted by molar-refractivity contribution is 6.07. The predicted octanol–water partition coefficient (Wildman–Crippen LogP) is 5.39. The minimum atomic E-state index is -1.42. The monoisotopic (exact) mass is 470 g/mol. The van der Waals surface area contributed by atoms with Crippen molar-refractivity contribution in [3.63, 3.8) is 0 Å². The zero-order chi connectivity index (χ0) is 25.5. The summed E-state index contributed by atoms with van der Waals surface area (Å²) in [4.78, 5) is 24.0. The number of carbonyl (C=O) groups excluding carboxylic acids is 1. The van der Waals surface area contributed by atoms with Crippen LogP contribution in [-0.2, 0) is 9.59 Å². The summed E-state index contributed by atoms with van der Waals surface area (Å²) < 4.78 is 0. The van der Waals surface area contributed by atoms with E-state index in [1.165, 1.54) is 25.5 Å². The number of carboxylic acid groups (broad SMARTS) is 1. The Morgan fingerprint density at radius 2 is 1.79 bits per heavy atom. The Labute approximate surface area is 204 Å². The standard InChI is InChI=1S/C29H42O5/c1-18-20(16-21(30)17-23(18)31)10-9-19-8-7-14-29(6)22(19)11-12-24(29)27(2,3)15-13-25(32)28(4,5)26(33)34/h9-10,13,15,21-24,30-31H,1,7-8,11-12,14,16-17H2,2-6H3,(H,33,34)/t21-,22+,23+,24-,29+/m1/s1. The topological polar surface area (TPSA) is 94.8 Å². The van der Waals surface area contributed by atoms with E-state index < -0.39 is 23.6 Å². The highest BCUT2D eigenvalue weighted by Gasteiger charge is 2.53. The predicted molar refractivity (Wildman–Crippen MR) is 134 cm³/mol. The van der Waals surface area contributed by atoms with Gasteiger partial charge < -0.3 is 15.3 Å². The SMILES string of the molecule is C=C1C(=CC=C2CCC[C@]3(C)[C@@H](C(C)(C)C=CC(=O)C(C)(C)C(=O)O)CC[C@@H]23)C[C@@H](O)C[C@@H]1O. The molecular formula is C29H42O5. The largest absolute Gasteiger partial charge is 0.481 e. The van der Waals surface area contributed by atoms with E-state index in [0.717, 1.165) is 37.7 Å². The molecule has 0 bridgehead atoms. The van der Waals surface area contributed by atoms with Crippen molar-refractivity contribution in [2.75, 3.05) is 0 Å². The molecule has 0 amide bonds. The van der Waals surface area contributed by atoms with Crippen LogP contribution in [0.2, 0.25) is 0 Å². The first-order chi connectivity index (χ1) is 15.7. The second-order valence-electron chi connectivity index (χ2n) is 12.1. The molecule has 5 atom stereocenters. The number of fused-ring (bicyclic) bond motifs is 1. The van der Waals surface area contributed by atoms with E-state index in [-0.39, 0.29) is 16.6 Å². The van der Waals surface area contributed by atoms with E-state index in [9.17, 15) is 24.9 Å². The number of hydrogen-bond donors (Lipinski definition) is 3. The molecule has 0 aliphatic heterocycles. The quantitative estimate of drug-likeness (QED) is 0.357. The number of carboxylic acids is 1. The van der Waals surface area contributed by atoms with Gasteiger partial charge in [0.1, 0.15) is 5.41 Å². The number of aliphatic hydroxyl groups is 2. The minimum Gasteiger partial charge on any atom is -0.481 e. The van der Waals surface area contributed by atoms with Gasteiger partial charge >= 0.3 is 5.97 Å². The van der Waals surface area contributed by atoms with Crippen LogP contribution in [0.5, 0.6) is 0 Å². The Bertz CT molecular complexity index is 934. The Hall–Kier alpha value is -1.98. The summed E-state index contributed by atoms with van der Waals surface area (Å²) in [7, 11) is 0. The van der Waals surface area contributed by atoms with Crippen molar-refractivity contribution >= 4 is 11.8 Å². The molecule has 0 radical (unpaired) electrons. The van der Waals surface area contributed by atoms with Gasteiger partial charge in [-0.1, -0.05) is 51.2 Å². The molecule has 0 aromatic rings. The van der Waals surface area contributed by atoms with Crippen molar-refractivity contribution in [1.29, 1.82) is 0 Å². The van der Waals surface area contributed by atoms with Crippen molar-refractivity contribution in [1.82, 2.24) is 0 Å². The van der Waals surface area contributed by atoms with E-state index in [4.69, 9.17) is 0 Å². The fraction of sp³-hybridized carbons (Fsp3) is 0.655. The lowest BCUT2D eigenvalue weighted by Crippen LogP contribution is -2.39. The van der Waals surface area contributed by atoms with Gasteiger partial charge in [0.25, 0.3) is 0 Å². The van der Waals surface area contributed by atoms with Crippen LogP contribution in [0, 0.1) is 28.1 Å². The van der Waals surface area contributed by atoms with E-state index in [1.54, 1.807) is 0 Å². The number of carbonyl (C=O) groups is 2. The highest BCUT2D eigenvalue weighted by atomic mass is 16.4. The molecule has 0 spiro atoms. The van der Waals surface area contributed by atoms with Gasteiger partial charge in [-0.05, 0) is 92.3 Å². The van der Waals surface area contributed by atoms with Gasteiger partial charge in [-0.3, -0.25) is 9.59 Å². The molecule has 0 aromatic carbocycles. The van der Waals surface area contributed by atoms with Crippen molar-refractivity contribution in [2.24, 2.45) is 28.1 Å². The number of aliphatic carboxylic acids is 1. The fourth-order valence-corrected chi connectivity index (χ4v) is 6.65.